The largest absolute Gasteiger partial charge is 0.294 e. The highest BCUT2D eigenvalue weighted by atomic mass is 16.1. The first-order chi connectivity index (χ1) is 13.1. The van der Waals surface area contributed by atoms with E-state index in [1.807, 2.05) is 25.5 Å². The van der Waals surface area contributed by atoms with Gasteiger partial charge in [0.05, 0.1) is 6.20 Å². The van der Waals surface area contributed by atoms with Crippen LogP contribution in [0.1, 0.15) is 47.9 Å². The Bertz CT molecular complexity index is 1040. The van der Waals surface area contributed by atoms with Crippen molar-refractivity contribution in [3.63, 3.8) is 0 Å². The van der Waals surface area contributed by atoms with E-state index in [-0.39, 0.29) is 11.7 Å². The van der Waals surface area contributed by atoms with Crippen molar-refractivity contribution < 1.29 is 4.79 Å². The summed E-state index contributed by atoms with van der Waals surface area (Å²) >= 11 is 0. The molecule has 1 aromatic heterocycles. The second kappa shape index (κ2) is 6.99. The highest BCUT2D eigenvalue weighted by molar-refractivity contribution is 6.26. The van der Waals surface area contributed by atoms with Crippen molar-refractivity contribution in [2.24, 2.45) is 7.05 Å². The zero-order valence-electron chi connectivity index (χ0n) is 16.1. The van der Waals surface area contributed by atoms with Gasteiger partial charge in [-0.1, -0.05) is 49.4 Å². The molecule has 3 nitrogen and oxygen atoms in total. The summed E-state index contributed by atoms with van der Waals surface area (Å²) in [5.41, 5.74) is 7.63. The Morgan fingerprint density at radius 2 is 1.96 bits per heavy atom. The molecule has 0 amide bonds. The van der Waals surface area contributed by atoms with Crippen LogP contribution in [0.4, 0.5) is 0 Å². The second-order valence-electron chi connectivity index (χ2n) is 7.35. The predicted molar refractivity (Wildman–Crippen MR) is 110 cm³/mol. The summed E-state index contributed by atoms with van der Waals surface area (Å²) in [6.45, 7) is 4.24. The Hall–Kier alpha value is -2.94. The molecule has 0 aliphatic heterocycles. The maximum Gasteiger partial charge on any atom is 0.164 e. The van der Waals surface area contributed by atoms with Crippen molar-refractivity contribution in [2.75, 3.05) is 0 Å². The minimum absolute atomic E-state index is 0.232. The minimum Gasteiger partial charge on any atom is -0.294 e. The lowest BCUT2D eigenvalue weighted by Crippen LogP contribution is -2.07. The van der Waals surface area contributed by atoms with Crippen LogP contribution in [0.3, 0.4) is 0 Å². The zero-order valence-corrected chi connectivity index (χ0v) is 16.1. The van der Waals surface area contributed by atoms with Crippen molar-refractivity contribution in [3.05, 3.63) is 77.1 Å². The molecule has 3 heteroatoms. The van der Waals surface area contributed by atoms with Gasteiger partial charge in [-0.2, -0.15) is 5.10 Å². The number of carbonyl (C=O) groups is 1. The van der Waals surface area contributed by atoms with E-state index in [1.165, 1.54) is 11.1 Å². The fourth-order valence-corrected chi connectivity index (χ4v) is 4.00. The van der Waals surface area contributed by atoms with Crippen LogP contribution in [0.25, 0.3) is 22.8 Å². The van der Waals surface area contributed by atoms with Crippen LogP contribution in [-0.4, -0.2) is 15.6 Å². The molecule has 0 radical (unpaired) electrons. The lowest BCUT2D eigenvalue weighted by molar-refractivity contribution is -0.114. The molecule has 1 heterocycles. The molecule has 4 rings (SSSR count). The quantitative estimate of drug-likeness (QED) is 0.629. The van der Waals surface area contributed by atoms with Crippen LogP contribution in [0.5, 0.6) is 0 Å². The summed E-state index contributed by atoms with van der Waals surface area (Å²) in [5.74, 6) is 0.521. The standard InChI is InChI=1S/C24H24N2O/c1-4-17-13-24(27)23(12-19-7-5-6-8-22(17)19)21-10-9-18(11-16(21)2)20-14-25-26(3)15-20/h5-12,14-15,17H,4,13H2,1-3H3. The van der Waals surface area contributed by atoms with E-state index in [1.54, 1.807) is 4.68 Å². The maximum absolute atomic E-state index is 13.1. The molecule has 0 N–H and O–H groups in total. The molecule has 136 valence electrons. The maximum atomic E-state index is 13.1. The number of fused-ring (bicyclic) bond motifs is 1. The van der Waals surface area contributed by atoms with Gasteiger partial charge < -0.3 is 0 Å². The average Bonchev–Trinajstić information content (AvgIpc) is 3.05. The van der Waals surface area contributed by atoms with Gasteiger partial charge in [0.1, 0.15) is 0 Å². The van der Waals surface area contributed by atoms with Crippen LogP contribution in [0.2, 0.25) is 0 Å². The smallest absolute Gasteiger partial charge is 0.164 e. The first-order valence-electron chi connectivity index (χ1n) is 9.50. The molecular formula is C24H24N2O. The normalized spacial score (nSPS) is 16.6. The number of hydrogen-bond donors (Lipinski definition) is 0. The molecule has 0 saturated heterocycles. The summed E-state index contributed by atoms with van der Waals surface area (Å²) in [4.78, 5) is 13.1. The number of rotatable bonds is 3. The van der Waals surface area contributed by atoms with Crippen LogP contribution < -0.4 is 0 Å². The summed E-state index contributed by atoms with van der Waals surface area (Å²) in [7, 11) is 1.92. The zero-order chi connectivity index (χ0) is 19.0. The van der Waals surface area contributed by atoms with E-state index in [2.05, 4.69) is 61.4 Å². The molecule has 3 aromatic rings. The first-order valence-corrected chi connectivity index (χ1v) is 9.50. The molecule has 1 unspecified atom stereocenters. The van der Waals surface area contributed by atoms with Gasteiger partial charge >= 0.3 is 0 Å². The Balaban J connectivity index is 1.78. The van der Waals surface area contributed by atoms with Crippen molar-refractivity contribution in [3.8, 4) is 11.1 Å². The Labute approximate surface area is 160 Å². The molecule has 0 bridgehead atoms. The summed E-state index contributed by atoms with van der Waals surface area (Å²) in [6, 6.07) is 14.7. The van der Waals surface area contributed by atoms with Crippen molar-refractivity contribution in [2.45, 2.75) is 32.6 Å². The molecule has 27 heavy (non-hydrogen) atoms. The highest BCUT2D eigenvalue weighted by Gasteiger charge is 2.24. The third-order valence-electron chi connectivity index (χ3n) is 5.52. The van der Waals surface area contributed by atoms with Crippen LogP contribution in [0.15, 0.2) is 54.9 Å². The van der Waals surface area contributed by atoms with E-state index in [4.69, 9.17) is 0 Å². The van der Waals surface area contributed by atoms with Gasteiger partial charge in [0.2, 0.25) is 0 Å². The van der Waals surface area contributed by atoms with Crippen molar-refractivity contribution >= 4 is 17.4 Å². The van der Waals surface area contributed by atoms with Gasteiger partial charge in [0, 0.05) is 30.8 Å². The third kappa shape index (κ3) is 3.25. The summed E-state index contributed by atoms with van der Waals surface area (Å²) < 4.78 is 1.80. The summed E-state index contributed by atoms with van der Waals surface area (Å²) in [6.07, 6.45) is 7.50. The molecule has 2 aromatic carbocycles. The fraction of sp³-hybridized carbons (Fsp3) is 0.250. The SMILES string of the molecule is CCC1CC(=O)C(c2ccc(-c3cnn(C)c3)cc2C)=Cc2ccccc21. The van der Waals surface area contributed by atoms with E-state index in [0.717, 1.165) is 34.2 Å². The number of allylic oxidation sites excluding steroid dienone is 1. The lowest BCUT2D eigenvalue weighted by Gasteiger charge is -2.14. The van der Waals surface area contributed by atoms with Crippen LogP contribution in [0, 0.1) is 6.92 Å². The summed E-state index contributed by atoms with van der Waals surface area (Å²) in [5, 5.41) is 4.25. The van der Waals surface area contributed by atoms with E-state index >= 15 is 0 Å². The van der Waals surface area contributed by atoms with Gasteiger partial charge in [-0.3, -0.25) is 9.48 Å². The molecule has 0 saturated carbocycles. The third-order valence-corrected chi connectivity index (χ3v) is 5.52. The minimum atomic E-state index is 0.232. The number of ketones is 1. The van der Waals surface area contributed by atoms with Gasteiger partial charge in [-0.25, -0.2) is 0 Å². The van der Waals surface area contributed by atoms with Crippen LogP contribution in [-0.2, 0) is 11.8 Å². The molecular weight excluding hydrogens is 332 g/mol. The molecule has 0 fully saturated rings. The van der Waals surface area contributed by atoms with E-state index < -0.39 is 0 Å². The lowest BCUT2D eigenvalue weighted by atomic mass is 9.89. The number of benzene rings is 2. The fourth-order valence-electron chi connectivity index (χ4n) is 4.00. The monoisotopic (exact) mass is 356 g/mol. The average molecular weight is 356 g/mol. The molecule has 1 aliphatic carbocycles. The number of nitrogens with zero attached hydrogens (tertiary/aromatic N) is 2. The molecule has 0 spiro atoms. The number of hydrogen-bond acceptors (Lipinski definition) is 2. The Morgan fingerprint density at radius 1 is 1.15 bits per heavy atom. The number of Topliss-reactive ketones (excluding diaryl/α,β-unsaturated/α-hetero) is 1. The predicted octanol–water partition coefficient (Wildman–Crippen LogP) is 5.40. The number of aromatic nitrogens is 2. The number of aryl methyl sites for hydroxylation is 2. The molecule has 1 aliphatic rings. The molecule has 1 atom stereocenters. The Kier molecular flexibility index (Phi) is 4.53. The van der Waals surface area contributed by atoms with Gasteiger partial charge in [-0.15, -0.1) is 0 Å². The van der Waals surface area contributed by atoms with Crippen LogP contribution >= 0.6 is 0 Å². The van der Waals surface area contributed by atoms with Gasteiger partial charge in [0.15, 0.2) is 5.78 Å². The van der Waals surface area contributed by atoms with Gasteiger partial charge in [0.25, 0.3) is 0 Å². The van der Waals surface area contributed by atoms with Crippen molar-refractivity contribution in [1.82, 2.24) is 9.78 Å². The topological polar surface area (TPSA) is 34.9 Å². The van der Waals surface area contributed by atoms with Gasteiger partial charge in [-0.05, 0) is 53.2 Å². The van der Waals surface area contributed by atoms with E-state index in [0.29, 0.717) is 6.42 Å². The van der Waals surface area contributed by atoms with Crippen molar-refractivity contribution in [1.29, 1.82) is 0 Å². The second-order valence-corrected chi connectivity index (χ2v) is 7.35. The first kappa shape index (κ1) is 17.5. The number of carbonyl (C=O) groups excluding carboxylic acids is 1. The Morgan fingerprint density at radius 3 is 2.67 bits per heavy atom. The van der Waals surface area contributed by atoms with E-state index in [9.17, 15) is 4.79 Å². The highest BCUT2D eigenvalue weighted by Crippen LogP contribution is 2.37.